The predicted molar refractivity (Wildman–Crippen MR) is 85.0 cm³/mol. The molecule has 0 spiro atoms. The molecule has 2 heterocycles. The Kier molecular flexibility index (Phi) is 3.76. The number of benzene rings is 1. The number of oxazole rings is 1. The molecule has 4 nitrogen and oxygen atoms in total. The molecule has 0 aliphatic heterocycles. The minimum atomic E-state index is -0.312. The zero-order chi connectivity index (χ0) is 15.0. The molecule has 2 aromatic heterocycles. The lowest BCUT2D eigenvalue weighted by molar-refractivity contribution is 0.511. The average molecular weight is 350 g/mol. The summed E-state index contributed by atoms with van der Waals surface area (Å²) in [7, 11) is 0. The van der Waals surface area contributed by atoms with Crippen LogP contribution >= 0.6 is 15.9 Å². The second-order valence-electron chi connectivity index (χ2n) is 4.85. The van der Waals surface area contributed by atoms with E-state index in [0.29, 0.717) is 12.1 Å². The van der Waals surface area contributed by atoms with E-state index in [4.69, 9.17) is 8.83 Å². The van der Waals surface area contributed by atoms with Crippen LogP contribution in [0.2, 0.25) is 0 Å². The Morgan fingerprint density at radius 3 is 2.81 bits per heavy atom. The Hall–Kier alpha value is -1.75. The van der Waals surface area contributed by atoms with Crippen LogP contribution in [0.4, 0.5) is 0 Å². The second-order valence-corrected chi connectivity index (χ2v) is 5.77. The molecule has 110 valence electrons. The Labute approximate surface area is 130 Å². The van der Waals surface area contributed by atoms with Crippen LogP contribution < -0.4 is 5.76 Å². The number of hydrogen-bond donors (Lipinski definition) is 0. The van der Waals surface area contributed by atoms with Gasteiger partial charge in [-0.3, -0.25) is 4.57 Å². The van der Waals surface area contributed by atoms with Crippen molar-refractivity contribution in [1.82, 2.24) is 4.57 Å². The van der Waals surface area contributed by atoms with Crippen molar-refractivity contribution in [2.75, 3.05) is 0 Å². The number of fused-ring (bicyclic) bond motifs is 1. The van der Waals surface area contributed by atoms with Crippen LogP contribution in [0, 0.1) is 0 Å². The minimum Gasteiger partial charge on any atom is -0.469 e. The second kappa shape index (κ2) is 5.56. The summed E-state index contributed by atoms with van der Waals surface area (Å²) < 4.78 is 12.4. The van der Waals surface area contributed by atoms with E-state index < -0.39 is 0 Å². The molecule has 0 aliphatic rings. The summed E-state index contributed by atoms with van der Waals surface area (Å²) in [5.41, 5.74) is 3.59. The van der Waals surface area contributed by atoms with Gasteiger partial charge in [0.2, 0.25) is 0 Å². The first kappa shape index (κ1) is 14.2. The summed E-state index contributed by atoms with van der Waals surface area (Å²) in [4.78, 5) is 11.8. The van der Waals surface area contributed by atoms with Gasteiger partial charge in [-0.1, -0.05) is 28.9 Å². The van der Waals surface area contributed by atoms with Crippen LogP contribution in [-0.2, 0) is 13.0 Å². The number of nitrogens with zero attached hydrogens (tertiary/aromatic N) is 1. The summed E-state index contributed by atoms with van der Waals surface area (Å²) in [6.07, 6.45) is 2.54. The van der Waals surface area contributed by atoms with E-state index in [9.17, 15) is 4.79 Å². The maximum absolute atomic E-state index is 11.7. The van der Waals surface area contributed by atoms with Crippen LogP contribution in [0.15, 0.2) is 44.2 Å². The highest BCUT2D eigenvalue weighted by molar-refractivity contribution is 9.09. The quantitative estimate of drug-likeness (QED) is 0.661. The molecule has 21 heavy (non-hydrogen) atoms. The van der Waals surface area contributed by atoms with Gasteiger partial charge in [0, 0.05) is 18.5 Å². The third kappa shape index (κ3) is 2.35. The van der Waals surface area contributed by atoms with E-state index >= 15 is 0 Å². The third-order valence-electron chi connectivity index (χ3n) is 3.68. The molecule has 5 heteroatoms. The first-order chi connectivity index (χ1) is 10.2. The van der Waals surface area contributed by atoms with Crippen LogP contribution in [0.1, 0.15) is 35.6 Å². The molecule has 3 aromatic rings. The number of hydrogen-bond acceptors (Lipinski definition) is 3. The first-order valence-corrected chi connectivity index (χ1v) is 7.90. The topological polar surface area (TPSA) is 48.3 Å². The summed E-state index contributed by atoms with van der Waals surface area (Å²) in [5.74, 6) is 0.651. The molecule has 3 rings (SSSR count). The molecule has 0 radical (unpaired) electrons. The molecule has 0 saturated heterocycles. The standard InChI is InChI=1S/C16H16BrNO3/c1-3-13-11(7-8-20-13)15(17)10-5-6-12-14(9-10)21-16(19)18(12)4-2/h5-9,15H,3-4H2,1-2H3. The number of halogens is 1. The fraction of sp³-hybridized carbons (Fsp3) is 0.312. The third-order valence-corrected chi connectivity index (χ3v) is 4.70. The fourth-order valence-corrected chi connectivity index (χ4v) is 3.28. The zero-order valence-corrected chi connectivity index (χ0v) is 13.5. The van der Waals surface area contributed by atoms with Gasteiger partial charge >= 0.3 is 5.76 Å². The largest absolute Gasteiger partial charge is 0.469 e. The highest BCUT2D eigenvalue weighted by Gasteiger charge is 2.18. The molecular weight excluding hydrogens is 334 g/mol. The van der Waals surface area contributed by atoms with Gasteiger partial charge in [-0.2, -0.15) is 0 Å². The van der Waals surface area contributed by atoms with Crippen LogP contribution in [0.3, 0.4) is 0 Å². The summed E-state index contributed by atoms with van der Waals surface area (Å²) in [6, 6.07) is 7.82. The van der Waals surface area contributed by atoms with Crippen molar-refractivity contribution in [1.29, 1.82) is 0 Å². The van der Waals surface area contributed by atoms with Crippen LogP contribution in [0.25, 0.3) is 11.1 Å². The number of aromatic nitrogens is 1. The van der Waals surface area contributed by atoms with Crippen LogP contribution in [0.5, 0.6) is 0 Å². The first-order valence-electron chi connectivity index (χ1n) is 6.99. The van der Waals surface area contributed by atoms with Crippen molar-refractivity contribution in [3.63, 3.8) is 0 Å². The molecule has 1 unspecified atom stereocenters. The minimum absolute atomic E-state index is 0.0193. The van der Waals surface area contributed by atoms with E-state index in [-0.39, 0.29) is 10.6 Å². The molecule has 0 saturated carbocycles. The molecule has 1 aromatic carbocycles. The van der Waals surface area contributed by atoms with E-state index in [0.717, 1.165) is 28.8 Å². The van der Waals surface area contributed by atoms with E-state index in [2.05, 4.69) is 22.9 Å². The van der Waals surface area contributed by atoms with Gasteiger partial charge in [0.05, 0.1) is 16.6 Å². The Morgan fingerprint density at radius 2 is 2.10 bits per heavy atom. The van der Waals surface area contributed by atoms with Crippen LogP contribution in [-0.4, -0.2) is 4.57 Å². The summed E-state index contributed by atoms with van der Waals surface area (Å²) in [5, 5.41) is 0. The summed E-state index contributed by atoms with van der Waals surface area (Å²) in [6.45, 7) is 4.59. The highest BCUT2D eigenvalue weighted by atomic mass is 79.9. The van der Waals surface area contributed by atoms with Crippen molar-refractivity contribution in [3.8, 4) is 0 Å². The van der Waals surface area contributed by atoms with Gasteiger partial charge in [-0.25, -0.2) is 4.79 Å². The molecule has 0 aliphatic carbocycles. The lowest BCUT2D eigenvalue weighted by Crippen LogP contribution is -2.11. The SMILES string of the molecule is CCc1occc1C(Br)c1ccc2c(c1)oc(=O)n2CC. The smallest absolute Gasteiger partial charge is 0.419 e. The Balaban J connectivity index is 2.07. The predicted octanol–water partition coefficient (Wildman–Crippen LogP) is 4.25. The van der Waals surface area contributed by atoms with Crippen molar-refractivity contribution >= 4 is 27.0 Å². The van der Waals surface area contributed by atoms with Crippen molar-refractivity contribution in [3.05, 3.63) is 58.0 Å². The molecule has 0 bridgehead atoms. The van der Waals surface area contributed by atoms with Crippen molar-refractivity contribution in [2.24, 2.45) is 0 Å². The molecular formula is C16H16BrNO3. The van der Waals surface area contributed by atoms with Gasteiger partial charge in [0.15, 0.2) is 5.58 Å². The van der Waals surface area contributed by atoms with Crippen molar-refractivity contribution in [2.45, 2.75) is 31.6 Å². The molecule has 0 amide bonds. The Bertz CT molecular complexity index is 828. The monoisotopic (exact) mass is 349 g/mol. The summed E-state index contributed by atoms with van der Waals surface area (Å²) >= 11 is 3.71. The van der Waals surface area contributed by atoms with E-state index in [1.54, 1.807) is 10.8 Å². The van der Waals surface area contributed by atoms with Gasteiger partial charge in [-0.15, -0.1) is 0 Å². The lowest BCUT2D eigenvalue weighted by Gasteiger charge is -2.10. The molecule has 1 atom stereocenters. The fourth-order valence-electron chi connectivity index (χ4n) is 2.58. The number of rotatable bonds is 4. The number of aryl methyl sites for hydroxylation is 2. The lowest BCUT2D eigenvalue weighted by atomic mass is 10.0. The molecule has 0 N–H and O–H groups in total. The number of furan rings is 1. The zero-order valence-electron chi connectivity index (χ0n) is 11.9. The van der Waals surface area contributed by atoms with Gasteiger partial charge < -0.3 is 8.83 Å². The van der Waals surface area contributed by atoms with Gasteiger partial charge in [0.25, 0.3) is 0 Å². The van der Waals surface area contributed by atoms with Gasteiger partial charge in [-0.05, 0) is 30.7 Å². The number of alkyl halides is 1. The van der Waals surface area contributed by atoms with E-state index in [1.165, 1.54) is 0 Å². The molecule has 0 fully saturated rings. The maximum atomic E-state index is 11.7. The van der Waals surface area contributed by atoms with Gasteiger partial charge in [0.1, 0.15) is 5.76 Å². The normalized spacial score (nSPS) is 12.9. The van der Waals surface area contributed by atoms with E-state index in [1.807, 2.05) is 31.2 Å². The Morgan fingerprint density at radius 1 is 1.29 bits per heavy atom. The average Bonchev–Trinajstić information content (AvgIpc) is 3.08. The van der Waals surface area contributed by atoms with Crippen molar-refractivity contribution < 1.29 is 8.83 Å². The highest BCUT2D eigenvalue weighted by Crippen LogP contribution is 2.35. The maximum Gasteiger partial charge on any atom is 0.419 e.